The van der Waals surface area contributed by atoms with Crippen molar-refractivity contribution in [2.45, 2.75) is 26.8 Å². The molecule has 104 valence electrons. The van der Waals surface area contributed by atoms with Crippen LogP contribution in [0.15, 0.2) is 18.2 Å². The van der Waals surface area contributed by atoms with Crippen LogP contribution in [0.3, 0.4) is 0 Å². The van der Waals surface area contributed by atoms with Crippen molar-refractivity contribution in [1.29, 1.82) is 0 Å². The first kappa shape index (κ1) is 13.9. The molecular weight excluding hydrogens is 236 g/mol. The van der Waals surface area contributed by atoms with Crippen LogP contribution >= 0.6 is 0 Å². The monoisotopic (exact) mass is 260 g/mol. The van der Waals surface area contributed by atoms with Gasteiger partial charge in [0, 0.05) is 19.5 Å². The molecule has 0 bridgehead atoms. The van der Waals surface area contributed by atoms with Gasteiger partial charge in [0.1, 0.15) is 11.3 Å². The Bertz CT molecular complexity index is 555. The van der Waals surface area contributed by atoms with E-state index in [2.05, 4.69) is 43.5 Å². The van der Waals surface area contributed by atoms with E-state index in [4.69, 9.17) is 10.7 Å². The van der Waals surface area contributed by atoms with Crippen LogP contribution in [0.2, 0.25) is 0 Å². The number of aromatic nitrogens is 2. The standard InChI is InChI=1S/C15H24N4/c1-11(2)10-14-17-15-12(16)6-5-7-13(15)19(14)9-8-18(3)4/h5-7,11H,8-10,16H2,1-4H3. The molecule has 0 saturated carbocycles. The quantitative estimate of drug-likeness (QED) is 0.840. The fourth-order valence-electron chi connectivity index (χ4n) is 2.29. The molecule has 0 aliphatic carbocycles. The molecular formula is C15H24N4. The number of benzene rings is 1. The molecule has 0 aliphatic rings. The maximum atomic E-state index is 6.04. The van der Waals surface area contributed by atoms with Crippen LogP contribution < -0.4 is 5.73 Å². The molecule has 0 atom stereocenters. The van der Waals surface area contributed by atoms with Crippen molar-refractivity contribution in [2.75, 3.05) is 26.4 Å². The molecule has 4 nitrogen and oxygen atoms in total. The van der Waals surface area contributed by atoms with Gasteiger partial charge in [-0.3, -0.25) is 0 Å². The third kappa shape index (κ3) is 3.07. The van der Waals surface area contributed by atoms with Crippen molar-refractivity contribution < 1.29 is 0 Å². The molecule has 2 aromatic rings. The van der Waals surface area contributed by atoms with Gasteiger partial charge in [-0.1, -0.05) is 19.9 Å². The molecule has 0 spiro atoms. The Hall–Kier alpha value is -1.55. The molecule has 0 saturated heterocycles. The second-order valence-corrected chi connectivity index (χ2v) is 5.80. The molecule has 0 radical (unpaired) electrons. The van der Waals surface area contributed by atoms with Gasteiger partial charge in [0.05, 0.1) is 11.2 Å². The number of rotatable bonds is 5. The topological polar surface area (TPSA) is 47.1 Å². The molecule has 0 unspecified atom stereocenters. The summed E-state index contributed by atoms with van der Waals surface area (Å²) in [4.78, 5) is 6.94. The van der Waals surface area contributed by atoms with E-state index in [0.29, 0.717) is 5.92 Å². The Balaban J connectivity index is 2.45. The Labute approximate surface area is 115 Å². The number of hydrogen-bond donors (Lipinski definition) is 1. The number of fused-ring (bicyclic) bond motifs is 1. The number of imidazole rings is 1. The van der Waals surface area contributed by atoms with Gasteiger partial charge in [0.25, 0.3) is 0 Å². The third-order valence-corrected chi connectivity index (χ3v) is 3.25. The minimum absolute atomic E-state index is 0.594. The van der Waals surface area contributed by atoms with Gasteiger partial charge in [-0.2, -0.15) is 0 Å². The Morgan fingerprint density at radius 1 is 1.32 bits per heavy atom. The number of nitrogens with two attached hydrogens (primary N) is 1. The molecule has 0 fully saturated rings. The minimum Gasteiger partial charge on any atom is -0.397 e. The minimum atomic E-state index is 0.594. The zero-order valence-corrected chi connectivity index (χ0v) is 12.3. The summed E-state index contributed by atoms with van der Waals surface area (Å²) in [5, 5.41) is 0. The van der Waals surface area contributed by atoms with Crippen molar-refractivity contribution in [1.82, 2.24) is 14.5 Å². The maximum absolute atomic E-state index is 6.04. The lowest BCUT2D eigenvalue weighted by Gasteiger charge is -2.14. The Kier molecular flexibility index (Phi) is 4.10. The highest BCUT2D eigenvalue weighted by Crippen LogP contribution is 2.23. The van der Waals surface area contributed by atoms with Crippen molar-refractivity contribution >= 4 is 16.7 Å². The highest BCUT2D eigenvalue weighted by Gasteiger charge is 2.13. The SMILES string of the molecule is CC(C)Cc1nc2c(N)cccc2n1CCN(C)C. The van der Waals surface area contributed by atoms with E-state index in [0.717, 1.165) is 42.1 Å². The molecule has 1 heterocycles. The van der Waals surface area contributed by atoms with E-state index in [-0.39, 0.29) is 0 Å². The van der Waals surface area contributed by atoms with Crippen molar-refractivity contribution in [2.24, 2.45) is 5.92 Å². The largest absolute Gasteiger partial charge is 0.397 e. The van der Waals surface area contributed by atoms with Crippen LogP contribution in [-0.4, -0.2) is 35.1 Å². The summed E-state index contributed by atoms with van der Waals surface area (Å²) in [6, 6.07) is 6.04. The normalized spacial score (nSPS) is 11.9. The zero-order valence-electron chi connectivity index (χ0n) is 12.3. The Morgan fingerprint density at radius 2 is 2.05 bits per heavy atom. The molecule has 0 amide bonds. The average molecular weight is 260 g/mol. The molecule has 1 aromatic carbocycles. The lowest BCUT2D eigenvalue weighted by molar-refractivity contribution is 0.381. The predicted octanol–water partition coefficient (Wildman–Crippen LogP) is 2.38. The smallest absolute Gasteiger partial charge is 0.112 e. The molecule has 2 rings (SSSR count). The lowest BCUT2D eigenvalue weighted by atomic mass is 10.1. The van der Waals surface area contributed by atoms with Crippen molar-refractivity contribution in [3.05, 3.63) is 24.0 Å². The van der Waals surface area contributed by atoms with Crippen LogP contribution in [0, 0.1) is 5.92 Å². The lowest BCUT2D eigenvalue weighted by Crippen LogP contribution is -2.20. The third-order valence-electron chi connectivity index (χ3n) is 3.25. The zero-order chi connectivity index (χ0) is 14.0. The molecule has 1 aromatic heterocycles. The van der Waals surface area contributed by atoms with Crippen molar-refractivity contribution in [3.8, 4) is 0 Å². The van der Waals surface area contributed by atoms with Gasteiger partial charge in [0.15, 0.2) is 0 Å². The van der Waals surface area contributed by atoms with Gasteiger partial charge in [0.2, 0.25) is 0 Å². The molecule has 2 N–H and O–H groups in total. The summed E-state index contributed by atoms with van der Waals surface area (Å²) in [7, 11) is 4.19. The number of para-hydroxylation sites is 1. The Morgan fingerprint density at radius 3 is 2.68 bits per heavy atom. The number of hydrogen-bond acceptors (Lipinski definition) is 3. The number of likely N-dealkylation sites (N-methyl/N-ethyl adjacent to an activating group) is 1. The van der Waals surface area contributed by atoms with E-state index in [1.165, 1.54) is 0 Å². The number of anilines is 1. The average Bonchev–Trinajstić information content (AvgIpc) is 2.65. The fraction of sp³-hybridized carbons (Fsp3) is 0.533. The van der Waals surface area contributed by atoms with Gasteiger partial charge in [-0.15, -0.1) is 0 Å². The predicted molar refractivity (Wildman–Crippen MR) is 81.2 cm³/mol. The first-order valence-electron chi connectivity index (χ1n) is 6.87. The second-order valence-electron chi connectivity index (χ2n) is 5.80. The van der Waals surface area contributed by atoms with Gasteiger partial charge in [-0.05, 0) is 32.1 Å². The van der Waals surface area contributed by atoms with Crippen LogP contribution in [0.4, 0.5) is 5.69 Å². The van der Waals surface area contributed by atoms with Gasteiger partial charge >= 0.3 is 0 Å². The van der Waals surface area contributed by atoms with Gasteiger partial charge < -0.3 is 15.2 Å². The highest BCUT2D eigenvalue weighted by molar-refractivity contribution is 5.87. The van der Waals surface area contributed by atoms with Gasteiger partial charge in [-0.25, -0.2) is 4.98 Å². The van der Waals surface area contributed by atoms with E-state index >= 15 is 0 Å². The van der Waals surface area contributed by atoms with E-state index in [9.17, 15) is 0 Å². The maximum Gasteiger partial charge on any atom is 0.112 e. The molecule has 0 aliphatic heterocycles. The summed E-state index contributed by atoms with van der Waals surface area (Å²) < 4.78 is 2.31. The van der Waals surface area contributed by atoms with E-state index in [1.54, 1.807) is 0 Å². The molecule has 4 heteroatoms. The molecule has 19 heavy (non-hydrogen) atoms. The fourth-order valence-corrected chi connectivity index (χ4v) is 2.29. The summed E-state index contributed by atoms with van der Waals surface area (Å²) in [5.74, 6) is 1.74. The first-order chi connectivity index (χ1) is 8.99. The van der Waals surface area contributed by atoms with Crippen molar-refractivity contribution in [3.63, 3.8) is 0 Å². The highest BCUT2D eigenvalue weighted by atomic mass is 15.1. The van der Waals surface area contributed by atoms with Crippen LogP contribution in [0.5, 0.6) is 0 Å². The van der Waals surface area contributed by atoms with Crippen LogP contribution in [0.1, 0.15) is 19.7 Å². The van der Waals surface area contributed by atoms with Crippen LogP contribution in [0.25, 0.3) is 11.0 Å². The number of nitrogen functional groups attached to an aromatic ring is 1. The summed E-state index contributed by atoms with van der Waals surface area (Å²) in [6.45, 7) is 6.40. The first-order valence-corrected chi connectivity index (χ1v) is 6.87. The van der Waals surface area contributed by atoms with E-state index in [1.807, 2.05) is 12.1 Å². The summed E-state index contributed by atoms with van der Waals surface area (Å²) in [5.41, 5.74) is 8.90. The number of nitrogens with zero attached hydrogens (tertiary/aromatic N) is 3. The summed E-state index contributed by atoms with van der Waals surface area (Å²) in [6.07, 6.45) is 0.988. The van der Waals surface area contributed by atoms with Crippen LogP contribution in [-0.2, 0) is 13.0 Å². The summed E-state index contributed by atoms with van der Waals surface area (Å²) >= 11 is 0. The van der Waals surface area contributed by atoms with E-state index < -0.39 is 0 Å². The second kappa shape index (κ2) is 5.61.